The summed E-state index contributed by atoms with van der Waals surface area (Å²) < 4.78 is 10.5. The minimum absolute atomic E-state index is 0.0987. The molecular weight excluding hydrogens is 238 g/mol. The van der Waals surface area contributed by atoms with Gasteiger partial charge in [-0.05, 0) is 25.1 Å². The van der Waals surface area contributed by atoms with Gasteiger partial charge in [0, 0.05) is 5.69 Å². The van der Waals surface area contributed by atoms with Crippen molar-refractivity contribution >= 4 is 17.6 Å². The van der Waals surface area contributed by atoms with Crippen LogP contribution in [0.4, 0.5) is 10.5 Å². The first-order chi connectivity index (χ1) is 8.56. The molecule has 1 aromatic carbocycles. The van der Waals surface area contributed by atoms with Crippen molar-refractivity contribution in [2.75, 3.05) is 18.5 Å². The second-order valence-corrected chi connectivity index (χ2v) is 3.96. The summed E-state index contributed by atoms with van der Waals surface area (Å²) in [6.45, 7) is 2.47. The Kier molecular flexibility index (Phi) is 3.47. The Morgan fingerprint density at radius 2 is 2.28 bits per heavy atom. The highest BCUT2D eigenvalue weighted by atomic mass is 16.6. The van der Waals surface area contributed by atoms with E-state index >= 15 is 0 Å². The number of carbonyl (C=O) groups is 2. The maximum Gasteiger partial charge on any atom is 0.409 e. The zero-order valence-corrected chi connectivity index (χ0v) is 9.80. The SMILES string of the molecule is CC(=O)c1cc(NC(=O)O)ccc1OCC1CO1. The molecule has 2 N–H and O–H groups in total. The van der Waals surface area contributed by atoms with Crippen LogP contribution in [-0.2, 0) is 4.74 Å². The van der Waals surface area contributed by atoms with Crippen LogP contribution >= 0.6 is 0 Å². The van der Waals surface area contributed by atoms with Gasteiger partial charge in [-0.15, -0.1) is 0 Å². The molecule has 1 aliphatic rings. The standard InChI is InChI=1S/C12H13NO5/c1-7(14)10-4-8(13-12(15)16)2-3-11(10)18-6-9-5-17-9/h2-4,9,13H,5-6H2,1H3,(H,15,16). The third-order valence-corrected chi connectivity index (χ3v) is 2.44. The second-order valence-electron chi connectivity index (χ2n) is 3.96. The minimum atomic E-state index is -1.18. The van der Waals surface area contributed by atoms with Crippen LogP contribution in [0.2, 0.25) is 0 Å². The number of rotatable bonds is 5. The number of hydrogen-bond acceptors (Lipinski definition) is 4. The van der Waals surface area contributed by atoms with Gasteiger partial charge < -0.3 is 14.6 Å². The minimum Gasteiger partial charge on any atom is -0.490 e. The van der Waals surface area contributed by atoms with Gasteiger partial charge >= 0.3 is 6.09 Å². The zero-order valence-electron chi connectivity index (χ0n) is 9.80. The molecule has 1 unspecified atom stereocenters. The Morgan fingerprint density at radius 3 is 2.83 bits per heavy atom. The van der Waals surface area contributed by atoms with E-state index < -0.39 is 6.09 Å². The van der Waals surface area contributed by atoms with Crippen molar-refractivity contribution in [2.45, 2.75) is 13.0 Å². The molecule has 2 rings (SSSR count). The number of ketones is 1. The first kappa shape index (κ1) is 12.4. The van der Waals surface area contributed by atoms with Gasteiger partial charge in [-0.25, -0.2) is 4.79 Å². The molecule has 1 aromatic rings. The predicted octanol–water partition coefficient (Wildman–Crippen LogP) is 1.76. The molecule has 18 heavy (non-hydrogen) atoms. The van der Waals surface area contributed by atoms with E-state index in [4.69, 9.17) is 14.6 Å². The van der Waals surface area contributed by atoms with Crippen molar-refractivity contribution in [3.05, 3.63) is 23.8 Å². The van der Waals surface area contributed by atoms with Crippen LogP contribution in [0.15, 0.2) is 18.2 Å². The third kappa shape index (κ3) is 3.21. The van der Waals surface area contributed by atoms with Crippen molar-refractivity contribution < 1.29 is 24.2 Å². The number of Topliss-reactive ketones (excluding diaryl/α,β-unsaturated/α-hetero) is 1. The first-order valence-electron chi connectivity index (χ1n) is 5.45. The van der Waals surface area contributed by atoms with Crippen molar-refractivity contribution in [1.29, 1.82) is 0 Å². The summed E-state index contributed by atoms with van der Waals surface area (Å²) in [6.07, 6.45) is -1.08. The normalized spacial score (nSPS) is 17.1. The predicted molar refractivity (Wildman–Crippen MR) is 63.3 cm³/mol. The van der Waals surface area contributed by atoms with Gasteiger partial charge in [0.1, 0.15) is 18.5 Å². The average Bonchev–Trinajstić information content (AvgIpc) is 3.10. The van der Waals surface area contributed by atoms with E-state index in [9.17, 15) is 9.59 Å². The smallest absolute Gasteiger partial charge is 0.409 e. The van der Waals surface area contributed by atoms with Gasteiger partial charge in [-0.3, -0.25) is 10.1 Å². The van der Waals surface area contributed by atoms with E-state index in [2.05, 4.69) is 5.32 Å². The summed E-state index contributed by atoms with van der Waals surface area (Å²) >= 11 is 0. The Hall–Kier alpha value is -2.08. The van der Waals surface area contributed by atoms with Crippen molar-refractivity contribution in [3.8, 4) is 5.75 Å². The maximum atomic E-state index is 11.5. The fraction of sp³-hybridized carbons (Fsp3) is 0.333. The van der Waals surface area contributed by atoms with Gasteiger partial charge in [0.15, 0.2) is 5.78 Å². The lowest BCUT2D eigenvalue weighted by Crippen LogP contribution is -2.10. The van der Waals surface area contributed by atoms with Gasteiger partial charge in [0.25, 0.3) is 0 Å². The molecule has 1 atom stereocenters. The van der Waals surface area contributed by atoms with E-state index in [1.807, 2.05) is 0 Å². The maximum absolute atomic E-state index is 11.5. The molecule has 0 aromatic heterocycles. The quantitative estimate of drug-likeness (QED) is 0.615. The fourth-order valence-corrected chi connectivity index (χ4v) is 1.48. The van der Waals surface area contributed by atoms with Crippen LogP contribution in [0.25, 0.3) is 0 Å². The summed E-state index contributed by atoms with van der Waals surface area (Å²) in [6, 6.07) is 4.58. The molecule has 6 nitrogen and oxygen atoms in total. The molecule has 96 valence electrons. The molecule has 1 aliphatic heterocycles. The monoisotopic (exact) mass is 251 g/mol. The Bertz CT molecular complexity index is 481. The van der Waals surface area contributed by atoms with Crippen LogP contribution in [0.3, 0.4) is 0 Å². The van der Waals surface area contributed by atoms with Crippen molar-refractivity contribution in [3.63, 3.8) is 0 Å². The van der Waals surface area contributed by atoms with Crippen LogP contribution in [0.1, 0.15) is 17.3 Å². The third-order valence-electron chi connectivity index (χ3n) is 2.44. The Balaban J connectivity index is 2.16. The van der Waals surface area contributed by atoms with E-state index in [-0.39, 0.29) is 11.9 Å². The lowest BCUT2D eigenvalue weighted by atomic mass is 10.1. The number of epoxide rings is 1. The van der Waals surface area contributed by atoms with Gasteiger partial charge in [-0.1, -0.05) is 0 Å². The highest BCUT2D eigenvalue weighted by Crippen LogP contribution is 2.24. The number of carboxylic acid groups (broad SMARTS) is 1. The lowest BCUT2D eigenvalue weighted by molar-refractivity contribution is 0.101. The number of hydrogen-bond donors (Lipinski definition) is 2. The molecule has 1 amide bonds. The lowest BCUT2D eigenvalue weighted by Gasteiger charge is -2.10. The molecule has 0 saturated carbocycles. The summed E-state index contributed by atoms with van der Waals surface area (Å²) in [5, 5.41) is 10.8. The van der Waals surface area contributed by atoms with Crippen molar-refractivity contribution in [1.82, 2.24) is 0 Å². The molecule has 6 heteroatoms. The van der Waals surface area contributed by atoms with E-state index in [0.717, 1.165) is 0 Å². The Labute approximate surface area is 104 Å². The molecule has 0 aliphatic carbocycles. The second kappa shape index (κ2) is 5.05. The molecule has 0 spiro atoms. The summed E-state index contributed by atoms with van der Waals surface area (Å²) in [5.41, 5.74) is 0.685. The number of amides is 1. The van der Waals surface area contributed by atoms with Crippen LogP contribution < -0.4 is 10.1 Å². The van der Waals surface area contributed by atoms with Gasteiger partial charge in [0.2, 0.25) is 0 Å². The van der Waals surface area contributed by atoms with Crippen LogP contribution in [-0.4, -0.2) is 36.3 Å². The fourth-order valence-electron chi connectivity index (χ4n) is 1.48. The highest BCUT2D eigenvalue weighted by Gasteiger charge is 2.24. The largest absolute Gasteiger partial charge is 0.490 e. The number of nitrogens with one attached hydrogen (secondary N) is 1. The summed E-state index contributed by atoms with van der Waals surface area (Å²) in [5.74, 6) is 0.254. The van der Waals surface area contributed by atoms with Crippen LogP contribution in [0.5, 0.6) is 5.75 Å². The number of carbonyl (C=O) groups excluding carboxylic acids is 1. The Morgan fingerprint density at radius 1 is 1.56 bits per heavy atom. The van der Waals surface area contributed by atoms with Crippen LogP contribution in [0, 0.1) is 0 Å². The number of anilines is 1. The molecular formula is C12H13NO5. The molecule has 1 saturated heterocycles. The molecule has 1 fully saturated rings. The summed E-state index contributed by atoms with van der Waals surface area (Å²) in [4.78, 5) is 22.0. The van der Waals surface area contributed by atoms with Gasteiger partial charge in [-0.2, -0.15) is 0 Å². The van der Waals surface area contributed by atoms with E-state index in [1.165, 1.54) is 13.0 Å². The van der Waals surface area contributed by atoms with E-state index in [0.29, 0.717) is 30.2 Å². The van der Waals surface area contributed by atoms with Gasteiger partial charge in [0.05, 0.1) is 12.2 Å². The highest BCUT2D eigenvalue weighted by molar-refractivity contribution is 5.98. The topological polar surface area (TPSA) is 88.2 Å². The average molecular weight is 251 g/mol. The van der Waals surface area contributed by atoms with Crippen molar-refractivity contribution in [2.24, 2.45) is 0 Å². The molecule has 1 heterocycles. The number of benzene rings is 1. The number of ether oxygens (including phenoxy) is 2. The molecule has 0 bridgehead atoms. The van der Waals surface area contributed by atoms with E-state index in [1.54, 1.807) is 12.1 Å². The zero-order chi connectivity index (χ0) is 13.1. The molecule has 0 radical (unpaired) electrons. The first-order valence-corrected chi connectivity index (χ1v) is 5.45. The summed E-state index contributed by atoms with van der Waals surface area (Å²) in [7, 11) is 0.